The molecule has 0 aromatic heterocycles. The van der Waals surface area contributed by atoms with Crippen molar-refractivity contribution in [2.75, 3.05) is 6.26 Å². The minimum absolute atomic E-state index is 0.214. The Bertz CT molecular complexity index is 665. The maximum absolute atomic E-state index is 11.9. The lowest BCUT2D eigenvalue weighted by atomic mass is 10.1. The number of carbonyl (C=O) groups is 1. The average molecular weight is 277 g/mol. The zero-order valence-electron chi connectivity index (χ0n) is 10.8. The topological polar surface area (TPSA) is 55.7 Å². The van der Waals surface area contributed by atoms with Gasteiger partial charge in [-0.25, -0.2) is 13.4 Å². The summed E-state index contributed by atoms with van der Waals surface area (Å²) in [5.74, 6) is -0.448. The summed E-state index contributed by atoms with van der Waals surface area (Å²) in [7, 11) is -2.34. The molecule has 2 rings (SSSR count). The van der Waals surface area contributed by atoms with Gasteiger partial charge in [-0.1, -0.05) is 30.3 Å². The third-order valence-corrected chi connectivity index (χ3v) is 3.96. The predicted molar refractivity (Wildman–Crippen MR) is 77.6 cm³/mol. The number of hydrogen-bond donors (Lipinski definition) is 0. The summed E-state index contributed by atoms with van der Waals surface area (Å²) in [4.78, 5) is 11.9. The molecule has 0 bridgehead atoms. The largest absolute Gasteiger partial charge is 0.457 e. The third kappa shape index (κ3) is 3.54. The van der Waals surface area contributed by atoms with Gasteiger partial charge in [-0.05, 0) is 18.1 Å². The lowest BCUT2D eigenvalue weighted by Crippen LogP contribution is -2.16. The van der Waals surface area contributed by atoms with Crippen LogP contribution >= 0.6 is 0 Å². The Morgan fingerprint density at radius 2 is 2.00 bits per heavy atom. The zero-order valence-corrected chi connectivity index (χ0v) is 11.6. The second-order valence-electron chi connectivity index (χ2n) is 4.37. The molecule has 19 heavy (non-hydrogen) atoms. The van der Waals surface area contributed by atoms with Crippen LogP contribution in [0.1, 0.15) is 12.5 Å². The highest BCUT2D eigenvalue weighted by Crippen LogP contribution is 2.11. The number of ether oxygens (including phenoxy) is 1. The summed E-state index contributed by atoms with van der Waals surface area (Å²) in [6.07, 6.45) is 2.87. The van der Waals surface area contributed by atoms with E-state index in [1.807, 2.05) is 30.3 Å². The Kier molecular flexibility index (Phi) is 3.85. The Hall–Kier alpha value is -1.88. The first-order valence-corrected chi connectivity index (χ1v) is 7.78. The molecular weight excluding hydrogens is 262 g/mol. The summed E-state index contributed by atoms with van der Waals surface area (Å²) in [5.41, 5.74) is 1.92. The minimum Gasteiger partial charge on any atom is -0.457 e. The molecule has 0 radical (unpaired) electrons. The Morgan fingerprint density at radius 1 is 1.32 bits per heavy atom. The number of rotatable bonds is 3. The van der Waals surface area contributed by atoms with E-state index in [0.717, 1.165) is 5.56 Å². The molecule has 4 nitrogen and oxygen atoms in total. The molecule has 1 atom stereocenters. The standard InChI is InChI=1S/C14H15NO3S/c1-11-10-19(2,17)15-8-13(11)14(16)18-9-12-6-4-3-5-7-12/h3-8,10H,9H2,1-2H3. The van der Waals surface area contributed by atoms with Crippen LogP contribution in [0.15, 0.2) is 45.9 Å². The molecule has 0 fully saturated rings. The third-order valence-electron chi connectivity index (χ3n) is 2.64. The van der Waals surface area contributed by atoms with E-state index in [9.17, 15) is 9.00 Å². The first-order chi connectivity index (χ1) is 8.98. The molecule has 1 aliphatic heterocycles. The van der Waals surface area contributed by atoms with Gasteiger partial charge in [-0.2, -0.15) is 0 Å². The van der Waals surface area contributed by atoms with E-state index >= 15 is 0 Å². The smallest absolute Gasteiger partial charge is 0.340 e. The molecule has 1 unspecified atom stereocenters. The van der Waals surface area contributed by atoms with Crippen molar-refractivity contribution in [3.8, 4) is 0 Å². The van der Waals surface area contributed by atoms with Gasteiger partial charge in [0, 0.05) is 11.6 Å². The van der Waals surface area contributed by atoms with Gasteiger partial charge in [0.05, 0.1) is 21.5 Å². The van der Waals surface area contributed by atoms with Gasteiger partial charge in [0.1, 0.15) is 6.61 Å². The lowest BCUT2D eigenvalue weighted by Gasteiger charge is -2.10. The van der Waals surface area contributed by atoms with Crippen LogP contribution in [-0.2, 0) is 25.8 Å². The Balaban J connectivity index is 2.08. The van der Waals surface area contributed by atoms with E-state index in [1.54, 1.807) is 6.92 Å². The second kappa shape index (κ2) is 5.40. The quantitative estimate of drug-likeness (QED) is 0.625. The van der Waals surface area contributed by atoms with Crippen LogP contribution in [0.4, 0.5) is 0 Å². The fourth-order valence-electron chi connectivity index (χ4n) is 1.70. The van der Waals surface area contributed by atoms with Crippen LogP contribution in [0.2, 0.25) is 0 Å². The van der Waals surface area contributed by atoms with Crippen molar-refractivity contribution in [1.29, 1.82) is 0 Å². The van der Waals surface area contributed by atoms with Gasteiger partial charge in [0.2, 0.25) is 0 Å². The fourth-order valence-corrected chi connectivity index (χ4v) is 2.85. The number of hydrogen-bond acceptors (Lipinski definition) is 3. The molecule has 0 saturated heterocycles. The van der Waals surface area contributed by atoms with Crippen molar-refractivity contribution >= 4 is 27.3 Å². The average Bonchev–Trinajstić information content (AvgIpc) is 2.36. The molecule has 1 aromatic rings. The molecule has 1 aliphatic rings. The van der Waals surface area contributed by atoms with Crippen molar-refractivity contribution < 1.29 is 13.7 Å². The van der Waals surface area contributed by atoms with Gasteiger partial charge in [-0.15, -0.1) is 0 Å². The number of carbonyl (C=O) groups excluding carboxylic acids is 1. The highest BCUT2D eigenvalue weighted by Gasteiger charge is 2.16. The van der Waals surface area contributed by atoms with Crippen molar-refractivity contribution in [2.45, 2.75) is 13.5 Å². The van der Waals surface area contributed by atoms with E-state index in [1.165, 1.54) is 17.8 Å². The summed E-state index contributed by atoms with van der Waals surface area (Å²) in [6.45, 7) is 1.94. The molecule has 1 aromatic carbocycles. The van der Waals surface area contributed by atoms with E-state index < -0.39 is 15.7 Å². The molecule has 1 heterocycles. The summed E-state index contributed by atoms with van der Waals surface area (Å²) in [5, 5.41) is 1.51. The number of nitrogens with zero attached hydrogens (tertiary/aromatic N) is 1. The summed E-state index contributed by atoms with van der Waals surface area (Å²) >= 11 is 0. The monoisotopic (exact) mass is 277 g/mol. The van der Waals surface area contributed by atoms with Crippen LogP contribution in [0, 0.1) is 0 Å². The minimum atomic E-state index is -2.34. The lowest BCUT2D eigenvalue weighted by molar-refractivity contribution is -0.139. The normalized spacial score (nSPS) is 22.0. The Morgan fingerprint density at radius 3 is 2.63 bits per heavy atom. The van der Waals surface area contributed by atoms with Crippen LogP contribution in [0.3, 0.4) is 0 Å². The van der Waals surface area contributed by atoms with E-state index in [0.29, 0.717) is 11.1 Å². The van der Waals surface area contributed by atoms with Crippen LogP contribution in [-0.4, -0.2) is 28.0 Å². The van der Waals surface area contributed by atoms with Gasteiger partial charge in [0.25, 0.3) is 0 Å². The van der Waals surface area contributed by atoms with Crippen LogP contribution in [0.5, 0.6) is 0 Å². The number of allylic oxidation sites excluding steroid dienone is 1. The van der Waals surface area contributed by atoms with Gasteiger partial charge in [-0.3, -0.25) is 0 Å². The Labute approximate surface area is 113 Å². The molecule has 100 valence electrons. The maximum Gasteiger partial charge on any atom is 0.340 e. The summed E-state index contributed by atoms with van der Waals surface area (Å²) in [6, 6.07) is 9.44. The first-order valence-electron chi connectivity index (χ1n) is 5.79. The highest BCUT2D eigenvalue weighted by atomic mass is 32.2. The molecule has 0 aliphatic carbocycles. The van der Waals surface area contributed by atoms with Gasteiger partial charge in [0.15, 0.2) is 0 Å². The van der Waals surface area contributed by atoms with Crippen LogP contribution in [0.25, 0.3) is 0 Å². The molecule has 0 N–H and O–H groups in total. The highest BCUT2D eigenvalue weighted by molar-refractivity contribution is 7.99. The molecular formula is C14H15NO3S. The second-order valence-corrected chi connectivity index (χ2v) is 6.54. The maximum atomic E-state index is 11.9. The first kappa shape index (κ1) is 13.5. The summed E-state index contributed by atoms with van der Waals surface area (Å²) < 4.78 is 20.8. The van der Waals surface area contributed by atoms with E-state index in [-0.39, 0.29) is 6.61 Å². The van der Waals surface area contributed by atoms with Gasteiger partial charge >= 0.3 is 5.97 Å². The van der Waals surface area contributed by atoms with Crippen molar-refractivity contribution in [1.82, 2.24) is 0 Å². The zero-order chi connectivity index (χ0) is 13.9. The van der Waals surface area contributed by atoms with Crippen molar-refractivity contribution in [2.24, 2.45) is 4.40 Å². The van der Waals surface area contributed by atoms with E-state index in [4.69, 9.17) is 4.74 Å². The van der Waals surface area contributed by atoms with E-state index in [2.05, 4.69) is 4.40 Å². The van der Waals surface area contributed by atoms with Crippen molar-refractivity contribution in [3.05, 3.63) is 47.0 Å². The van der Waals surface area contributed by atoms with Gasteiger partial charge < -0.3 is 4.74 Å². The molecule has 5 heteroatoms. The number of benzene rings is 1. The predicted octanol–water partition coefficient (Wildman–Crippen LogP) is 1.76. The SMILES string of the molecule is CC1=C(C(=O)OCc2ccccc2)C=NS(C)(=O)=C1. The molecule has 0 saturated carbocycles. The number of esters is 1. The van der Waals surface area contributed by atoms with Crippen LogP contribution < -0.4 is 0 Å². The van der Waals surface area contributed by atoms with Crippen molar-refractivity contribution in [3.63, 3.8) is 0 Å². The molecule has 0 amide bonds. The fraction of sp³-hybridized carbons (Fsp3) is 0.214. The molecule has 0 spiro atoms.